The van der Waals surface area contributed by atoms with E-state index in [1.165, 1.54) is 0 Å². The van der Waals surface area contributed by atoms with E-state index >= 15 is 0 Å². The number of benzene rings is 2. The number of fused-ring (bicyclic) bond motifs is 1. The zero-order valence-corrected chi connectivity index (χ0v) is 14.8. The maximum Gasteiger partial charge on any atom is 0.234 e. The number of carbonyl (C=O) groups excluding carboxylic acids is 1. The molecule has 5 nitrogen and oxygen atoms in total. The predicted molar refractivity (Wildman–Crippen MR) is 103 cm³/mol. The molecule has 5 heteroatoms. The summed E-state index contributed by atoms with van der Waals surface area (Å²) in [6, 6.07) is 18.2. The predicted octanol–water partition coefficient (Wildman–Crippen LogP) is 3.06. The fourth-order valence-electron chi connectivity index (χ4n) is 3.59. The van der Waals surface area contributed by atoms with Gasteiger partial charge in [-0.2, -0.15) is 0 Å². The van der Waals surface area contributed by atoms with Crippen molar-refractivity contribution in [1.29, 1.82) is 0 Å². The van der Waals surface area contributed by atoms with Gasteiger partial charge < -0.3 is 10.3 Å². The van der Waals surface area contributed by atoms with Gasteiger partial charge in [-0.05, 0) is 43.6 Å². The number of aromatic amines is 1. The van der Waals surface area contributed by atoms with Gasteiger partial charge in [0.05, 0.1) is 17.6 Å². The quantitative estimate of drug-likeness (QED) is 0.745. The molecule has 0 radical (unpaired) electrons. The van der Waals surface area contributed by atoms with Gasteiger partial charge in [-0.1, -0.05) is 42.5 Å². The lowest BCUT2D eigenvalue weighted by molar-refractivity contribution is -0.122. The smallest absolute Gasteiger partial charge is 0.234 e. The second-order valence-electron chi connectivity index (χ2n) is 6.95. The van der Waals surface area contributed by atoms with E-state index in [1.54, 1.807) is 0 Å². The van der Waals surface area contributed by atoms with E-state index in [4.69, 9.17) is 4.98 Å². The number of amides is 1. The van der Waals surface area contributed by atoms with Crippen molar-refractivity contribution in [3.8, 4) is 0 Å². The summed E-state index contributed by atoms with van der Waals surface area (Å²) in [5, 5.41) is 3.01. The van der Waals surface area contributed by atoms with E-state index in [1.807, 2.05) is 48.5 Å². The first-order chi connectivity index (χ1) is 12.8. The third kappa shape index (κ3) is 3.94. The SMILES string of the molecule is O=C(CN1CCC(c2nc3ccccc3[nH]2)CC1)NCc1ccccc1. The highest BCUT2D eigenvalue weighted by Crippen LogP contribution is 2.27. The Balaban J connectivity index is 1.26. The molecule has 2 heterocycles. The fourth-order valence-corrected chi connectivity index (χ4v) is 3.59. The van der Waals surface area contributed by atoms with Crippen LogP contribution in [0, 0.1) is 0 Å². The van der Waals surface area contributed by atoms with Crippen LogP contribution in [0.2, 0.25) is 0 Å². The number of piperidine rings is 1. The molecule has 26 heavy (non-hydrogen) atoms. The third-order valence-electron chi connectivity index (χ3n) is 5.08. The molecule has 3 aromatic rings. The minimum atomic E-state index is 0.0936. The number of likely N-dealkylation sites (tertiary alicyclic amines) is 1. The van der Waals surface area contributed by atoms with Crippen LogP contribution in [0.25, 0.3) is 11.0 Å². The standard InChI is InChI=1S/C21H24N4O/c26-20(22-14-16-6-2-1-3-7-16)15-25-12-10-17(11-13-25)21-23-18-8-4-5-9-19(18)24-21/h1-9,17H,10-15H2,(H,22,26)(H,23,24). The lowest BCUT2D eigenvalue weighted by Crippen LogP contribution is -2.41. The molecule has 0 atom stereocenters. The van der Waals surface area contributed by atoms with Gasteiger partial charge in [0.2, 0.25) is 5.91 Å². The van der Waals surface area contributed by atoms with Crippen molar-refractivity contribution in [3.05, 3.63) is 66.0 Å². The molecule has 2 aromatic carbocycles. The van der Waals surface area contributed by atoms with Crippen molar-refractivity contribution in [3.63, 3.8) is 0 Å². The number of nitrogens with one attached hydrogen (secondary N) is 2. The van der Waals surface area contributed by atoms with E-state index in [0.29, 0.717) is 19.0 Å². The number of hydrogen-bond acceptors (Lipinski definition) is 3. The first-order valence-corrected chi connectivity index (χ1v) is 9.25. The van der Waals surface area contributed by atoms with Gasteiger partial charge in [-0.25, -0.2) is 4.98 Å². The fraction of sp³-hybridized carbons (Fsp3) is 0.333. The van der Waals surface area contributed by atoms with Gasteiger partial charge in [0, 0.05) is 12.5 Å². The summed E-state index contributed by atoms with van der Waals surface area (Å²) in [6.45, 7) is 2.93. The summed E-state index contributed by atoms with van der Waals surface area (Å²) < 4.78 is 0. The summed E-state index contributed by atoms with van der Waals surface area (Å²) in [5.41, 5.74) is 3.26. The summed E-state index contributed by atoms with van der Waals surface area (Å²) in [4.78, 5) is 22.6. The minimum absolute atomic E-state index is 0.0936. The van der Waals surface area contributed by atoms with Gasteiger partial charge in [0.15, 0.2) is 0 Å². The van der Waals surface area contributed by atoms with E-state index in [-0.39, 0.29) is 5.91 Å². The molecule has 0 spiro atoms. The highest BCUT2D eigenvalue weighted by atomic mass is 16.2. The van der Waals surface area contributed by atoms with E-state index in [9.17, 15) is 4.79 Å². The molecule has 134 valence electrons. The largest absolute Gasteiger partial charge is 0.351 e. The molecule has 4 rings (SSSR count). The average molecular weight is 348 g/mol. The molecule has 2 N–H and O–H groups in total. The van der Waals surface area contributed by atoms with Crippen LogP contribution in [0.15, 0.2) is 54.6 Å². The molecule has 0 aliphatic carbocycles. The summed E-state index contributed by atoms with van der Waals surface area (Å²) in [7, 11) is 0. The summed E-state index contributed by atoms with van der Waals surface area (Å²) in [6.07, 6.45) is 2.07. The number of para-hydroxylation sites is 2. The molecule has 1 aromatic heterocycles. The second-order valence-corrected chi connectivity index (χ2v) is 6.95. The van der Waals surface area contributed by atoms with Crippen molar-refractivity contribution in [2.45, 2.75) is 25.3 Å². The van der Waals surface area contributed by atoms with Crippen molar-refractivity contribution < 1.29 is 4.79 Å². The van der Waals surface area contributed by atoms with Crippen LogP contribution in [0.3, 0.4) is 0 Å². The number of imidazole rings is 1. The zero-order chi connectivity index (χ0) is 17.8. The van der Waals surface area contributed by atoms with Crippen LogP contribution in [-0.4, -0.2) is 40.4 Å². The second kappa shape index (κ2) is 7.70. The van der Waals surface area contributed by atoms with E-state index in [2.05, 4.69) is 21.3 Å². The number of hydrogen-bond donors (Lipinski definition) is 2. The average Bonchev–Trinajstić information content (AvgIpc) is 3.12. The zero-order valence-electron chi connectivity index (χ0n) is 14.8. The molecule has 0 bridgehead atoms. The summed E-state index contributed by atoms with van der Waals surface area (Å²) in [5.74, 6) is 1.63. The van der Waals surface area contributed by atoms with Gasteiger partial charge >= 0.3 is 0 Å². The van der Waals surface area contributed by atoms with Crippen LogP contribution in [0.4, 0.5) is 0 Å². The molecule has 1 aliphatic rings. The van der Waals surface area contributed by atoms with Crippen molar-refractivity contribution in [2.75, 3.05) is 19.6 Å². The number of aromatic nitrogens is 2. The number of nitrogens with zero attached hydrogens (tertiary/aromatic N) is 2. The minimum Gasteiger partial charge on any atom is -0.351 e. The normalized spacial score (nSPS) is 16.0. The monoisotopic (exact) mass is 348 g/mol. The highest BCUT2D eigenvalue weighted by molar-refractivity contribution is 5.78. The van der Waals surface area contributed by atoms with Crippen LogP contribution < -0.4 is 5.32 Å². The maximum atomic E-state index is 12.2. The number of H-pyrrole nitrogens is 1. The van der Waals surface area contributed by atoms with Crippen LogP contribution >= 0.6 is 0 Å². The molecular weight excluding hydrogens is 324 g/mol. The molecule has 1 saturated heterocycles. The number of carbonyl (C=O) groups is 1. The Kier molecular flexibility index (Phi) is 4.97. The van der Waals surface area contributed by atoms with Crippen LogP contribution in [0.5, 0.6) is 0 Å². The number of rotatable bonds is 5. The molecule has 1 amide bonds. The first-order valence-electron chi connectivity index (χ1n) is 9.25. The molecular formula is C21H24N4O. The van der Waals surface area contributed by atoms with Gasteiger partial charge in [-0.3, -0.25) is 9.69 Å². The molecule has 0 saturated carbocycles. The van der Waals surface area contributed by atoms with Gasteiger partial charge in [0.25, 0.3) is 0 Å². The van der Waals surface area contributed by atoms with Crippen molar-refractivity contribution >= 4 is 16.9 Å². The van der Waals surface area contributed by atoms with Crippen molar-refractivity contribution in [2.24, 2.45) is 0 Å². The third-order valence-corrected chi connectivity index (χ3v) is 5.08. The van der Waals surface area contributed by atoms with E-state index in [0.717, 1.165) is 48.4 Å². The van der Waals surface area contributed by atoms with Gasteiger partial charge in [0.1, 0.15) is 5.82 Å². The lowest BCUT2D eigenvalue weighted by atomic mass is 9.96. The highest BCUT2D eigenvalue weighted by Gasteiger charge is 2.24. The van der Waals surface area contributed by atoms with Crippen LogP contribution in [-0.2, 0) is 11.3 Å². The summed E-state index contributed by atoms with van der Waals surface area (Å²) >= 11 is 0. The Labute approximate surface area is 153 Å². The first kappa shape index (κ1) is 16.8. The Morgan fingerprint density at radius 3 is 2.58 bits per heavy atom. The van der Waals surface area contributed by atoms with Gasteiger partial charge in [-0.15, -0.1) is 0 Å². The lowest BCUT2D eigenvalue weighted by Gasteiger charge is -2.30. The Bertz CT molecular complexity index is 833. The molecule has 1 aliphatic heterocycles. The Morgan fingerprint density at radius 2 is 1.81 bits per heavy atom. The van der Waals surface area contributed by atoms with Crippen LogP contribution in [0.1, 0.15) is 30.1 Å². The van der Waals surface area contributed by atoms with Crippen molar-refractivity contribution in [1.82, 2.24) is 20.2 Å². The van der Waals surface area contributed by atoms with E-state index < -0.39 is 0 Å². The maximum absolute atomic E-state index is 12.2. The topological polar surface area (TPSA) is 61.0 Å². The Morgan fingerprint density at radius 1 is 1.08 bits per heavy atom. The molecule has 0 unspecified atom stereocenters. The Hall–Kier alpha value is -2.66. The molecule has 1 fully saturated rings.